The smallest absolute Gasteiger partial charge is 0.265 e. The first-order chi connectivity index (χ1) is 12.4. The third kappa shape index (κ3) is 4.99. The number of hydrogen-bond donors (Lipinski definition) is 0. The molecular weight excluding hydrogens is 338 g/mol. The summed E-state index contributed by atoms with van der Waals surface area (Å²) >= 11 is 0. The van der Waals surface area contributed by atoms with Crippen molar-refractivity contribution in [2.24, 2.45) is 0 Å². The zero-order valence-electron chi connectivity index (χ0n) is 16.9. The molecule has 26 heavy (non-hydrogen) atoms. The Kier molecular flexibility index (Phi) is 8.11. The van der Waals surface area contributed by atoms with Gasteiger partial charge in [0.2, 0.25) is 5.88 Å². The second-order valence-corrected chi connectivity index (χ2v) is 5.64. The molecule has 0 aliphatic carbocycles. The fourth-order valence-corrected chi connectivity index (χ4v) is 2.86. The van der Waals surface area contributed by atoms with Gasteiger partial charge in [-0.15, -0.1) is 0 Å². The predicted molar refractivity (Wildman–Crippen MR) is 102 cm³/mol. The maximum Gasteiger partial charge on any atom is 0.265 e. The summed E-state index contributed by atoms with van der Waals surface area (Å²) < 4.78 is 32.8. The van der Waals surface area contributed by atoms with Crippen molar-refractivity contribution in [3.63, 3.8) is 0 Å². The Balaban J connectivity index is 0.000000791. The number of anilines is 1. The van der Waals surface area contributed by atoms with Gasteiger partial charge in [0.25, 0.3) is 5.92 Å². The molecule has 0 spiro atoms. The van der Waals surface area contributed by atoms with E-state index in [1.807, 2.05) is 40.7 Å². The number of aromatic nitrogens is 3. The molecule has 0 N–H and O–H groups in total. The standard InChI is InChI=1S/C15H18F2N4O.2C2H6/c1-9-7-11-12(14(18-9)22-3)13(20-10(2)19-11)21-6-4-5-15(16,17)8-21;2*1-2/h7H,4-6,8H2,1-3H3;2*1-2H3. The summed E-state index contributed by atoms with van der Waals surface area (Å²) in [6, 6.07) is 1.82. The molecule has 3 rings (SSSR count). The Bertz CT molecular complexity index is 717. The lowest BCUT2D eigenvalue weighted by atomic mass is 10.1. The highest BCUT2D eigenvalue weighted by Gasteiger charge is 2.36. The third-order valence-corrected chi connectivity index (χ3v) is 3.75. The highest BCUT2D eigenvalue weighted by Crippen LogP contribution is 2.35. The number of fused-ring (bicyclic) bond motifs is 1. The van der Waals surface area contributed by atoms with E-state index in [-0.39, 0.29) is 13.0 Å². The van der Waals surface area contributed by atoms with Crippen molar-refractivity contribution in [3.8, 4) is 5.88 Å². The van der Waals surface area contributed by atoms with Crippen LogP contribution in [0.2, 0.25) is 0 Å². The molecule has 7 heteroatoms. The van der Waals surface area contributed by atoms with Gasteiger partial charge in [-0.3, -0.25) is 0 Å². The maximum absolute atomic E-state index is 13.8. The minimum atomic E-state index is -2.70. The molecule has 1 aliphatic rings. The van der Waals surface area contributed by atoms with Crippen LogP contribution in [0.1, 0.15) is 52.1 Å². The largest absolute Gasteiger partial charge is 0.480 e. The number of methoxy groups -OCH3 is 1. The Morgan fingerprint density at radius 2 is 1.73 bits per heavy atom. The monoisotopic (exact) mass is 368 g/mol. The van der Waals surface area contributed by atoms with Gasteiger partial charge in [0.15, 0.2) is 0 Å². The van der Waals surface area contributed by atoms with Gasteiger partial charge in [-0.2, -0.15) is 0 Å². The van der Waals surface area contributed by atoms with Crippen LogP contribution in [-0.4, -0.2) is 41.1 Å². The van der Waals surface area contributed by atoms with Crippen LogP contribution >= 0.6 is 0 Å². The van der Waals surface area contributed by atoms with E-state index in [1.165, 1.54) is 7.11 Å². The van der Waals surface area contributed by atoms with E-state index in [0.29, 0.717) is 41.4 Å². The van der Waals surface area contributed by atoms with Crippen molar-refractivity contribution >= 4 is 16.7 Å². The van der Waals surface area contributed by atoms with Gasteiger partial charge in [-0.05, 0) is 26.3 Å². The lowest BCUT2D eigenvalue weighted by Gasteiger charge is -2.34. The number of halogens is 2. The molecule has 1 saturated heterocycles. The van der Waals surface area contributed by atoms with Crippen LogP contribution in [0.3, 0.4) is 0 Å². The number of pyridine rings is 1. The summed E-state index contributed by atoms with van der Waals surface area (Å²) in [6.07, 6.45) is 0.346. The molecule has 5 nitrogen and oxygen atoms in total. The summed E-state index contributed by atoms with van der Waals surface area (Å²) in [4.78, 5) is 14.7. The molecular formula is C19H30F2N4O. The van der Waals surface area contributed by atoms with Gasteiger partial charge in [0.1, 0.15) is 17.0 Å². The first-order valence-electron chi connectivity index (χ1n) is 9.22. The van der Waals surface area contributed by atoms with Crippen LogP contribution in [0.15, 0.2) is 6.07 Å². The average molecular weight is 368 g/mol. The Hall–Kier alpha value is -2.05. The highest BCUT2D eigenvalue weighted by molar-refractivity contribution is 5.94. The normalized spacial score (nSPS) is 15.5. The summed E-state index contributed by atoms with van der Waals surface area (Å²) in [5.41, 5.74) is 1.43. The second kappa shape index (κ2) is 9.59. The van der Waals surface area contributed by atoms with Crippen molar-refractivity contribution in [1.29, 1.82) is 0 Å². The molecule has 0 atom stereocenters. The number of rotatable bonds is 2. The van der Waals surface area contributed by atoms with E-state index in [4.69, 9.17) is 4.74 Å². The van der Waals surface area contributed by atoms with Crippen LogP contribution in [0, 0.1) is 13.8 Å². The average Bonchev–Trinajstić information content (AvgIpc) is 2.62. The quantitative estimate of drug-likeness (QED) is 0.752. The van der Waals surface area contributed by atoms with Crippen molar-refractivity contribution in [3.05, 3.63) is 17.6 Å². The molecule has 1 aliphatic heterocycles. The zero-order valence-corrected chi connectivity index (χ0v) is 16.9. The molecule has 1 fully saturated rings. The minimum absolute atomic E-state index is 0.0833. The fraction of sp³-hybridized carbons (Fsp3) is 0.632. The van der Waals surface area contributed by atoms with E-state index in [1.54, 1.807) is 11.8 Å². The van der Waals surface area contributed by atoms with Gasteiger partial charge in [0, 0.05) is 18.7 Å². The van der Waals surface area contributed by atoms with Gasteiger partial charge < -0.3 is 9.64 Å². The molecule has 2 aromatic heterocycles. The number of hydrogen-bond acceptors (Lipinski definition) is 5. The van der Waals surface area contributed by atoms with E-state index < -0.39 is 5.92 Å². The van der Waals surface area contributed by atoms with E-state index in [9.17, 15) is 8.78 Å². The number of alkyl halides is 2. The molecule has 0 amide bonds. The number of aryl methyl sites for hydroxylation is 2. The Morgan fingerprint density at radius 3 is 2.31 bits per heavy atom. The third-order valence-electron chi connectivity index (χ3n) is 3.75. The van der Waals surface area contributed by atoms with Crippen molar-refractivity contribution in [2.75, 3.05) is 25.1 Å². The van der Waals surface area contributed by atoms with Gasteiger partial charge in [-0.25, -0.2) is 23.7 Å². The molecule has 146 valence electrons. The first-order valence-corrected chi connectivity index (χ1v) is 9.22. The predicted octanol–water partition coefficient (Wildman–Crippen LogP) is 4.94. The zero-order chi connectivity index (χ0) is 19.9. The van der Waals surface area contributed by atoms with Crippen molar-refractivity contribution in [2.45, 2.75) is 60.3 Å². The van der Waals surface area contributed by atoms with Gasteiger partial charge in [0.05, 0.1) is 19.2 Å². The molecule has 0 radical (unpaired) electrons. The molecule has 2 aromatic rings. The van der Waals surface area contributed by atoms with Crippen LogP contribution in [0.5, 0.6) is 5.88 Å². The van der Waals surface area contributed by atoms with Crippen LogP contribution in [0.25, 0.3) is 10.9 Å². The summed E-state index contributed by atoms with van der Waals surface area (Å²) in [5.74, 6) is -1.30. The van der Waals surface area contributed by atoms with E-state index in [0.717, 1.165) is 5.69 Å². The first kappa shape index (κ1) is 22.0. The van der Waals surface area contributed by atoms with Crippen LogP contribution in [0.4, 0.5) is 14.6 Å². The topological polar surface area (TPSA) is 51.1 Å². The SMILES string of the molecule is CC.CC.COc1nc(C)cc2nc(C)nc(N3CCCC(F)(F)C3)c12. The number of piperidine rings is 1. The molecule has 0 unspecified atom stereocenters. The molecule has 0 aromatic carbocycles. The molecule has 0 saturated carbocycles. The molecule has 3 heterocycles. The van der Waals surface area contributed by atoms with E-state index in [2.05, 4.69) is 15.0 Å². The number of nitrogens with zero attached hydrogens (tertiary/aromatic N) is 4. The Labute approximate surface area is 154 Å². The van der Waals surface area contributed by atoms with Crippen molar-refractivity contribution in [1.82, 2.24) is 15.0 Å². The fourth-order valence-electron chi connectivity index (χ4n) is 2.86. The number of ether oxygens (including phenoxy) is 1. The van der Waals surface area contributed by atoms with Crippen LogP contribution < -0.4 is 9.64 Å². The second-order valence-electron chi connectivity index (χ2n) is 5.64. The van der Waals surface area contributed by atoms with Gasteiger partial charge >= 0.3 is 0 Å². The van der Waals surface area contributed by atoms with Crippen LogP contribution in [-0.2, 0) is 0 Å². The Morgan fingerprint density at radius 1 is 1.08 bits per heavy atom. The summed E-state index contributed by atoms with van der Waals surface area (Å²) in [5, 5.41) is 0.594. The van der Waals surface area contributed by atoms with Crippen molar-refractivity contribution < 1.29 is 13.5 Å². The minimum Gasteiger partial charge on any atom is -0.480 e. The summed E-state index contributed by atoms with van der Waals surface area (Å²) in [6.45, 7) is 11.8. The lowest BCUT2D eigenvalue weighted by molar-refractivity contribution is -0.0118. The lowest BCUT2D eigenvalue weighted by Crippen LogP contribution is -2.43. The van der Waals surface area contributed by atoms with Gasteiger partial charge in [-0.1, -0.05) is 27.7 Å². The maximum atomic E-state index is 13.8. The summed E-state index contributed by atoms with van der Waals surface area (Å²) in [7, 11) is 1.51. The highest BCUT2D eigenvalue weighted by atomic mass is 19.3. The van der Waals surface area contributed by atoms with E-state index >= 15 is 0 Å². The molecule has 0 bridgehead atoms.